The number of hydrogen-bond donors (Lipinski definition) is 1. The molecule has 3 rings (SSSR count). The van der Waals surface area contributed by atoms with Gasteiger partial charge >= 0.3 is 0 Å². The van der Waals surface area contributed by atoms with Crippen LogP contribution in [0, 0.1) is 12.8 Å². The summed E-state index contributed by atoms with van der Waals surface area (Å²) in [6, 6.07) is 5.20. The van der Waals surface area contributed by atoms with Crippen LogP contribution < -0.4 is 4.72 Å². The second-order valence-electron chi connectivity index (χ2n) is 7.27. The molecule has 0 unspecified atom stereocenters. The van der Waals surface area contributed by atoms with E-state index in [1.54, 1.807) is 19.1 Å². The van der Waals surface area contributed by atoms with Gasteiger partial charge in [0.05, 0.1) is 4.90 Å². The minimum Gasteiger partial charge on any atom is -0.339 e. The molecule has 0 spiro atoms. The summed E-state index contributed by atoms with van der Waals surface area (Å²) in [7, 11) is -3.59. The van der Waals surface area contributed by atoms with E-state index in [0.29, 0.717) is 35.8 Å². The predicted octanol–water partition coefficient (Wildman–Crippen LogP) is 2.62. The van der Waals surface area contributed by atoms with Gasteiger partial charge in [-0.2, -0.15) is 4.98 Å². The summed E-state index contributed by atoms with van der Waals surface area (Å²) in [6.45, 7) is 9.19. The van der Waals surface area contributed by atoms with Gasteiger partial charge in [0.25, 0.3) is 0 Å². The van der Waals surface area contributed by atoms with Crippen molar-refractivity contribution in [2.75, 3.05) is 26.2 Å². The van der Waals surface area contributed by atoms with Gasteiger partial charge in [-0.1, -0.05) is 31.1 Å². The molecule has 1 aromatic carbocycles. The zero-order chi connectivity index (χ0) is 19.4. The maximum atomic E-state index is 12.8. The molecule has 1 aromatic heterocycles. The number of nitrogens with zero attached hydrogens (tertiary/aromatic N) is 3. The third-order valence-electron chi connectivity index (χ3n) is 5.10. The van der Waals surface area contributed by atoms with Crippen molar-refractivity contribution in [1.82, 2.24) is 19.8 Å². The van der Waals surface area contributed by atoms with Gasteiger partial charge in [0.15, 0.2) is 0 Å². The second-order valence-corrected chi connectivity index (χ2v) is 9.00. The average molecular weight is 393 g/mol. The second kappa shape index (κ2) is 8.50. The Balaban J connectivity index is 1.69. The Labute approximate surface area is 161 Å². The number of hydrogen-bond acceptors (Lipinski definition) is 6. The van der Waals surface area contributed by atoms with Gasteiger partial charge in [0.2, 0.25) is 21.7 Å². The van der Waals surface area contributed by atoms with E-state index in [-0.39, 0.29) is 4.90 Å². The third-order valence-corrected chi connectivity index (χ3v) is 6.71. The summed E-state index contributed by atoms with van der Waals surface area (Å²) in [5, 5.41) is 3.93. The molecular weight excluding hydrogens is 364 g/mol. The topological polar surface area (TPSA) is 88.3 Å². The number of piperidine rings is 1. The van der Waals surface area contributed by atoms with Crippen LogP contribution in [0.2, 0.25) is 0 Å². The van der Waals surface area contributed by atoms with Gasteiger partial charge in [-0.25, -0.2) is 13.1 Å². The van der Waals surface area contributed by atoms with E-state index < -0.39 is 10.0 Å². The van der Waals surface area contributed by atoms with Gasteiger partial charge in [0, 0.05) is 25.1 Å². The number of aryl methyl sites for hydroxylation is 2. The van der Waals surface area contributed by atoms with Crippen molar-refractivity contribution < 1.29 is 12.9 Å². The first kappa shape index (κ1) is 20.0. The van der Waals surface area contributed by atoms with Crippen LogP contribution in [-0.2, 0) is 16.4 Å². The van der Waals surface area contributed by atoms with Crippen LogP contribution in [-0.4, -0.2) is 49.6 Å². The molecular formula is C19H28N4O3S. The number of rotatable bonds is 7. The number of aromatic nitrogens is 2. The largest absolute Gasteiger partial charge is 0.339 e. The number of sulfonamides is 1. The normalized spacial score (nSPS) is 16.7. The first-order chi connectivity index (χ1) is 12.9. The molecule has 0 bridgehead atoms. The molecule has 8 heteroatoms. The quantitative estimate of drug-likeness (QED) is 0.779. The summed E-state index contributed by atoms with van der Waals surface area (Å²) >= 11 is 0. The molecule has 0 amide bonds. The highest BCUT2D eigenvalue weighted by Crippen LogP contribution is 2.23. The average Bonchev–Trinajstić information content (AvgIpc) is 3.13. The van der Waals surface area contributed by atoms with Gasteiger partial charge in [-0.05, 0) is 50.4 Å². The molecule has 1 aliphatic heterocycles. The van der Waals surface area contributed by atoms with E-state index in [9.17, 15) is 8.42 Å². The lowest BCUT2D eigenvalue weighted by Crippen LogP contribution is -2.39. The van der Waals surface area contributed by atoms with Crippen molar-refractivity contribution >= 4 is 10.0 Å². The SMILES string of the molecule is CCc1nc(-c2ccc(C)c(S(=O)(=O)NCCN3CCC(C)CC3)c2)no1. The van der Waals surface area contributed by atoms with E-state index in [1.165, 1.54) is 12.8 Å². The van der Waals surface area contributed by atoms with Crippen LogP contribution in [0.15, 0.2) is 27.6 Å². The lowest BCUT2D eigenvalue weighted by atomic mass is 9.99. The highest BCUT2D eigenvalue weighted by Gasteiger charge is 2.20. The Morgan fingerprint density at radius 3 is 2.70 bits per heavy atom. The van der Waals surface area contributed by atoms with Crippen LogP contribution in [0.3, 0.4) is 0 Å². The van der Waals surface area contributed by atoms with Crippen molar-refractivity contribution in [1.29, 1.82) is 0 Å². The van der Waals surface area contributed by atoms with Crippen LogP contribution in [0.25, 0.3) is 11.4 Å². The fourth-order valence-electron chi connectivity index (χ4n) is 3.25. The summed E-state index contributed by atoms with van der Waals surface area (Å²) in [5.74, 6) is 1.70. The number of likely N-dealkylation sites (tertiary alicyclic amines) is 1. The first-order valence-electron chi connectivity index (χ1n) is 9.54. The Bertz CT molecular complexity index is 871. The van der Waals surface area contributed by atoms with E-state index >= 15 is 0 Å². The Hall–Kier alpha value is -1.77. The summed E-state index contributed by atoms with van der Waals surface area (Å²) in [4.78, 5) is 6.86. The highest BCUT2D eigenvalue weighted by atomic mass is 32.2. The van der Waals surface area contributed by atoms with Crippen LogP contribution >= 0.6 is 0 Å². The lowest BCUT2D eigenvalue weighted by Gasteiger charge is -2.30. The van der Waals surface area contributed by atoms with Crippen molar-refractivity contribution in [3.8, 4) is 11.4 Å². The fraction of sp³-hybridized carbons (Fsp3) is 0.579. The molecule has 148 valence electrons. The molecule has 0 radical (unpaired) electrons. The van der Waals surface area contributed by atoms with Gasteiger partial charge in [-0.15, -0.1) is 0 Å². The smallest absolute Gasteiger partial charge is 0.240 e. The molecule has 7 nitrogen and oxygen atoms in total. The Morgan fingerprint density at radius 2 is 2.04 bits per heavy atom. The van der Waals surface area contributed by atoms with Crippen LogP contribution in [0.4, 0.5) is 0 Å². The van der Waals surface area contributed by atoms with Gasteiger partial charge in [0.1, 0.15) is 0 Å². The lowest BCUT2D eigenvalue weighted by molar-refractivity contribution is 0.195. The molecule has 27 heavy (non-hydrogen) atoms. The standard InChI is InChI=1S/C19H28N4O3S/c1-4-18-21-19(22-26-18)16-6-5-15(3)17(13-16)27(24,25)20-9-12-23-10-7-14(2)8-11-23/h5-6,13-14,20H,4,7-12H2,1-3H3. The summed E-state index contributed by atoms with van der Waals surface area (Å²) in [5.41, 5.74) is 1.33. The molecule has 2 heterocycles. The van der Waals surface area contributed by atoms with Crippen LogP contribution in [0.5, 0.6) is 0 Å². The first-order valence-corrected chi connectivity index (χ1v) is 11.0. The minimum absolute atomic E-state index is 0.259. The van der Waals surface area contributed by atoms with Crippen molar-refractivity contribution in [3.05, 3.63) is 29.7 Å². The maximum absolute atomic E-state index is 12.8. The van der Waals surface area contributed by atoms with E-state index in [2.05, 4.69) is 26.7 Å². The molecule has 1 saturated heterocycles. The molecule has 0 atom stereocenters. The minimum atomic E-state index is -3.59. The Morgan fingerprint density at radius 1 is 1.30 bits per heavy atom. The van der Waals surface area contributed by atoms with E-state index in [4.69, 9.17) is 4.52 Å². The highest BCUT2D eigenvalue weighted by molar-refractivity contribution is 7.89. The molecule has 1 fully saturated rings. The molecule has 0 saturated carbocycles. The summed E-state index contributed by atoms with van der Waals surface area (Å²) in [6.07, 6.45) is 3.00. The Kier molecular flexibility index (Phi) is 6.29. The molecule has 2 aromatic rings. The fourth-order valence-corrected chi connectivity index (χ4v) is 4.54. The molecule has 1 aliphatic rings. The van der Waals surface area contributed by atoms with Crippen LogP contribution in [0.1, 0.15) is 38.1 Å². The predicted molar refractivity (Wildman–Crippen MR) is 104 cm³/mol. The zero-order valence-corrected chi connectivity index (χ0v) is 17.1. The molecule has 0 aliphatic carbocycles. The van der Waals surface area contributed by atoms with Gasteiger partial charge < -0.3 is 9.42 Å². The van der Waals surface area contributed by atoms with E-state index in [0.717, 1.165) is 25.6 Å². The summed E-state index contributed by atoms with van der Waals surface area (Å²) < 4.78 is 33.5. The van der Waals surface area contributed by atoms with Crippen molar-refractivity contribution in [3.63, 3.8) is 0 Å². The van der Waals surface area contributed by atoms with Gasteiger partial charge in [-0.3, -0.25) is 0 Å². The maximum Gasteiger partial charge on any atom is 0.240 e. The zero-order valence-electron chi connectivity index (χ0n) is 16.2. The third kappa shape index (κ3) is 4.94. The van der Waals surface area contributed by atoms with Crippen molar-refractivity contribution in [2.45, 2.75) is 44.9 Å². The number of nitrogens with one attached hydrogen (secondary N) is 1. The molecule has 1 N–H and O–H groups in total. The van der Waals surface area contributed by atoms with E-state index in [1.807, 2.05) is 13.0 Å². The monoisotopic (exact) mass is 392 g/mol. The van der Waals surface area contributed by atoms with Crippen molar-refractivity contribution in [2.24, 2.45) is 5.92 Å². The number of benzene rings is 1.